The standard InChI is InChI=1S/C18H18N2O4/c21-16-18(13-19-16,24-12-15-9-5-2-6-10-15)20-17(22)23-11-14-7-3-1-4-8-14/h1-10H,11-13H2,(H,19,21)(H,20,22)/t18-/m0/s1. The van der Waals surface area contributed by atoms with Gasteiger partial charge < -0.3 is 14.8 Å². The number of alkyl carbamates (subject to hydrolysis) is 1. The Morgan fingerprint density at radius 1 is 1.00 bits per heavy atom. The first-order valence-electron chi connectivity index (χ1n) is 7.63. The lowest BCUT2D eigenvalue weighted by Gasteiger charge is -2.40. The molecule has 0 aliphatic carbocycles. The molecule has 2 aromatic rings. The number of nitrogens with one attached hydrogen (secondary N) is 2. The summed E-state index contributed by atoms with van der Waals surface area (Å²) in [6.45, 7) is 0.551. The molecule has 1 fully saturated rings. The van der Waals surface area contributed by atoms with E-state index >= 15 is 0 Å². The first-order valence-corrected chi connectivity index (χ1v) is 7.63. The number of β-lactam (4-membered cyclic amide) rings is 1. The van der Waals surface area contributed by atoms with Gasteiger partial charge in [0.15, 0.2) is 0 Å². The molecule has 24 heavy (non-hydrogen) atoms. The topological polar surface area (TPSA) is 76.7 Å². The lowest BCUT2D eigenvalue weighted by atomic mass is 10.1. The van der Waals surface area contributed by atoms with Gasteiger partial charge in [-0.2, -0.15) is 0 Å². The molecule has 1 saturated heterocycles. The van der Waals surface area contributed by atoms with Crippen molar-refractivity contribution in [2.75, 3.05) is 6.54 Å². The summed E-state index contributed by atoms with van der Waals surface area (Å²) in [5, 5.41) is 5.11. The van der Waals surface area contributed by atoms with Crippen LogP contribution >= 0.6 is 0 Å². The Morgan fingerprint density at radius 3 is 2.08 bits per heavy atom. The van der Waals surface area contributed by atoms with E-state index in [1.807, 2.05) is 60.7 Å². The predicted molar refractivity (Wildman–Crippen MR) is 86.7 cm³/mol. The van der Waals surface area contributed by atoms with Crippen LogP contribution in [0, 0.1) is 0 Å². The van der Waals surface area contributed by atoms with Crippen LogP contribution in [0.4, 0.5) is 4.79 Å². The number of hydrogen-bond donors (Lipinski definition) is 2. The van der Waals surface area contributed by atoms with Crippen molar-refractivity contribution in [3.63, 3.8) is 0 Å². The van der Waals surface area contributed by atoms with Crippen LogP contribution in [0.1, 0.15) is 11.1 Å². The fraction of sp³-hybridized carbons (Fsp3) is 0.222. The Labute approximate surface area is 139 Å². The fourth-order valence-electron chi connectivity index (χ4n) is 2.28. The van der Waals surface area contributed by atoms with E-state index < -0.39 is 11.8 Å². The minimum atomic E-state index is -1.37. The van der Waals surface area contributed by atoms with Gasteiger partial charge in [-0.25, -0.2) is 4.79 Å². The van der Waals surface area contributed by atoms with E-state index in [0.29, 0.717) is 0 Å². The number of ether oxygens (including phenoxy) is 2. The van der Waals surface area contributed by atoms with Crippen LogP contribution in [0.3, 0.4) is 0 Å². The highest BCUT2D eigenvalue weighted by atomic mass is 16.6. The molecular weight excluding hydrogens is 308 g/mol. The van der Waals surface area contributed by atoms with Crippen molar-refractivity contribution in [2.24, 2.45) is 0 Å². The molecule has 6 nitrogen and oxygen atoms in total. The second kappa shape index (κ2) is 7.14. The summed E-state index contributed by atoms with van der Waals surface area (Å²) in [5.74, 6) is -0.380. The summed E-state index contributed by atoms with van der Waals surface area (Å²) in [7, 11) is 0. The van der Waals surface area contributed by atoms with Crippen molar-refractivity contribution >= 4 is 12.0 Å². The minimum absolute atomic E-state index is 0.128. The van der Waals surface area contributed by atoms with Gasteiger partial charge in [-0.1, -0.05) is 60.7 Å². The summed E-state index contributed by atoms with van der Waals surface area (Å²) in [4.78, 5) is 23.9. The van der Waals surface area contributed by atoms with E-state index in [1.165, 1.54) is 0 Å². The SMILES string of the molecule is O=C(N[C@]1(OCc2ccccc2)CNC1=O)OCc1ccccc1. The van der Waals surface area contributed by atoms with Gasteiger partial charge in [0.1, 0.15) is 6.61 Å². The molecule has 3 rings (SSSR count). The van der Waals surface area contributed by atoms with E-state index in [0.717, 1.165) is 11.1 Å². The summed E-state index contributed by atoms with van der Waals surface area (Å²) >= 11 is 0. The molecule has 2 aromatic carbocycles. The second-order valence-corrected chi connectivity index (χ2v) is 5.47. The quantitative estimate of drug-likeness (QED) is 0.628. The molecule has 0 bridgehead atoms. The molecule has 0 radical (unpaired) electrons. The molecule has 2 amide bonds. The maximum atomic E-state index is 12.0. The molecule has 1 heterocycles. The highest BCUT2D eigenvalue weighted by Gasteiger charge is 2.49. The molecule has 2 N–H and O–H groups in total. The number of carbonyl (C=O) groups is 2. The number of hydrogen-bond acceptors (Lipinski definition) is 4. The Kier molecular flexibility index (Phi) is 4.77. The monoisotopic (exact) mass is 326 g/mol. The number of amides is 2. The number of benzene rings is 2. The zero-order valence-electron chi connectivity index (χ0n) is 13.0. The maximum Gasteiger partial charge on any atom is 0.410 e. The van der Waals surface area contributed by atoms with Crippen LogP contribution in [-0.4, -0.2) is 24.3 Å². The van der Waals surface area contributed by atoms with Gasteiger partial charge in [0, 0.05) is 0 Å². The van der Waals surface area contributed by atoms with E-state index in [1.54, 1.807) is 0 Å². The lowest BCUT2D eigenvalue weighted by molar-refractivity contribution is -0.169. The van der Waals surface area contributed by atoms with E-state index in [-0.39, 0.29) is 25.7 Å². The average Bonchev–Trinajstić information content (AvgIpc) is 2.64. The lowest BCUT2D eigenvalue weighted by Crippen LogP contribution is -2.74. The molecule has 1 aliphatic heterocycles. The van der Waals surface area contributed by atoms with Crippen LogP contribution in [0.2, 0.25) is 0 Å². The molecule has 1 atom stereocenters. The Balaban J connectivity index is 1.55. The van der Waals surface area contributed by atoms with E-state index in [9.17, 15) is 9.59 Å². The van der Waals surface area contributed by atoms with Crippen molar-refractivity contribution in [3.8, 4) is 0 Å². The summed E-state index contributed by atoms with van der Waals surface area (Å²) in [5.41, 5.74) is 0.407. The van der Waals surface area contributed by atoms with Gasteiger partial charge in [0.25, 0.3) is 5.91 Å². The molecular formula is C18H18N2O4. The molecule has 1 aliphatic rings. The van der Waals surface area contributed by atoms with Crippen molar-refractivity contribution in [3.05, 3.63) is 71.8 Å². The largest absolute Gasteiger partial charge is 0.445 e. The summed E-state index contributed by atoms with van der Waals surface area (Å²) in [6.07, 6.45) is -0.693. The summed E-state index contributed by atoms with van der Waals surface area (Å²) in [6, 6.07) is 18.7. The highest BCUT2D eigenvalue weighted by Crippen LogP contribution is 2.18. The van der Waals surface area contributed by atoms with Crippen molar-refractivity contribution in [1.82, 2.24) is 10.6 Å². The Hall–Kier alpha value is -2.86. The molecule has 124 valence electrons. The third-order valence-electron chi connectivity index (χ3n) is 3.71. The van der Waals surface area contributed by atoms with Crippen LogP contribution in [0.5, 0.6) is 0 Å². The second-order valence-electron chi connectivity index (χ2n) is 5.47. The Bertz CT molecular complexity index is 705. The third kappa shape index (κ3) is 3.72. The first kappa shape index (κ1) is 16.0. The van der Waals surface area contributed by atoms with Gasteiger partial charge in [-0.3, -0.25) is 10.1 Å². The molecule has 0 unspecified atom stereocenters. The highest BCUT2D eigenvalue weighted by molar-refractivity contribution is 5.94. The van der Waals surface area contributed by atoms with Crippen LogP contribution in [0.15, 0.2) is 60.7 Å². The predicted octanol–water partition coefficient (Wildman–Crippen LogP) is 1.96. The molecule has 0 saturated carbocycles. The van der Waals surface area contributed by atoms with Gasteiger partial charge in [0.2, 0.25) is 5.72 Å². The maximum absolute atomic E-state index is 12.0. The molecule has 6 heteroatoms. The fourth-order valence-corrected chi connectivity index (χ4v) is 2.28. The number of carbonyl (C=O) groups excluding carboxylic acids is 2. The van der Waals surface area contributed by atoms with Crippen molar-refractivity contribution in [2.45, 2.75) is 18.9 Å². The third-order valence-corrected chi connectivity index (χ3v) is 3.71. The average molecular weight is 326 g/mol. The molecule has 0 spiro atoms. The van der Waals surface area contributed by atoms with Gasteiger partial charge in [-0.05, 0) is 11.1 Å². The summed E-state index contributed by atoms with van der Waals surface area (Å²) < 4.78 is 10.8. The van der Waals surface area contributed by atoms with Gasteiger partial charge in [-0.15, -0.1) is 0 Å². The van der Waals surface area contributed by atoms with Crippen LogP contribution in [-0.2, 0) is 27.5 Å². The number of rotatable bonds is 6. The minimum Gasteiger partial charge on any atom is -0.445 e. The van der Waals surface area contributed by atoms with Crippen molar-refractivity contribution < 1.29 is 19.1 Å². The Morgan fingerprint density at radius 2 is 1.58 bits per heavy atom. The smallest absolute Gasteiger partial charge is 0.410 e. The van der Waals surface area contributed by atoms with E-state index in [4.69, 9.17) is 9.47 Å². The van der Waals surface area contributed by atoms with Crippen molar-refractivity contribution in [1.29, 1.82) is 0 Å². The van der Waals surface area contributed by atoms with Crippen LogP contribution in [0.25, 0.3) is 0 Å². The molecule has 0 aromatic heterocycles. The first-order chi connectivity index (χ1) is 11.7. The van der Waals surface area contributed by atoms with Crippen LogP contribution < -0.4 is 10.6 Å². The van der Waals surface area contributed by atoms with Gasteiger partial charge in [0.05, 0.1) is 13.2 Å². The normalized spacial score (nSPS) is 19.1. The zero-order chi connectivity index (χ0) is 16.8. The van der Waals surface area contributed by atoms with Gasteiger partial charge >= 0.3 is 6.09 Å². The zero-order valence-corrected chi connectivity index (χ0v) is 13.0. The van der Waals surface area contributed by atoms with E-state index in [2.05, 4.69) is 10.6 Å².